The molecule has 0 spiro atoms. The molecule has 3 aliphatic rings. The molecular weight excluding hydrogens is 304 g/mol. The van der Waals surface area contributed by atoms with E-state index in [4.69, 9.17) is 4.74 Å². The van der Waals surface area contributed by atoms with Gasteiger partial charge in [-0.2, -0.15) is 0 Å². The first-order valence-corrected chi connectivity index (χ1v) is 9.15. The van der Waals surface area contributed by atoms with E-state index in [-0.39, 0.29) is 24.5 Å². The molecule has 0 saturated carbocycles. The molecule has 130 valence electrons. The van der Waals surface area contributed by atoms with Crippen LogP contribution in [0.4, 0.5) is 11.4 Å². The van der Waals surface area contributed by atoms with E-state index in [1.54, 1.807) is 0 Å². The molecular formula is C19H26N2O3. The van der Waals surface area contributed by atoms with E-state index in [0.29, 0.717) is 12.0 Å². The molecule has 0 radical (unpaired) electrons. The van der Waals surface area contributed by atoms with E-state index in [1.807, 2.05) is 18.2 Å². The van der Waals surface area contributed by atoms with E-state index in [9.17, 15) is 9.90 Å². The molecule has 1 amide bonds. The van der Waals surface area contributed by atoms with Gasteiger partial charge in [0, 0.05) is 19.7 Å². The summed E-state index contributed by atoms with van der Waals surface area (Å²) in [4.78, 5) is 15.0. The van der Waals surface area contributed by atoms with Gasteiger partial charge in [0.25, 0.3) is 0 Å². The van der Waals surface area contributed by atoms with Crippen LogP contribution in [0.1, 0.15) is 32.1 Å². The lowest BCUT2D eigenvalue weighted by atomic mass is 9.88. The summed E-state index contributed by atoms with van der Waals surface area (Å²) in [6.45, 7) is 2.13. The van der Waals surface area contributed by atoms with E-state index in [0.717, 1.165) is 56.6 Å². The molecule has 3 heterocycles. The number of hydrogen-bond acceptors (Lipinski definition) is 4. The maximum absolute atomic E-state index is 12.7. The molecule has 1 aromatic carbocycles. The number of piperidine rings is 1. The molecule has 0 aliphatic carbocycles. The third kappa shape index (κ3) is 3.03. The summed E-state index contributed by atoms with van der Waals surface area (Å²) in [6, 6.07) is 8.05. The zero-order chi connectivity index (χ0) is 16.5. The first-order valence-electron chi connectivity index (χ1n) is 9.15. The molecule has 2 N–H and O–H groups in total. The van der Waals surface area contributed by atoms with Gasteiger partial charge < -0.3 is 20.1 Å². The Balaban J connectivity index is 1.45. The molecule has 0 aromatic heterocycles. The van der Waals surface area contributed by atoms with Crippen molar-refractivity contribution in [2.75, 3.05) is 29.9 Å². The van der Waals surface area contributed by atoms with Gasteiger partial charge in [-0.15, -0.1) is 0 Å². The van der Waals surface area contributed by atoms with Crippen LogP contribution in [0.5, 0.6) is 0 Å². The van der Waals surface area contributed by atoms with Crippen molar-refractivity contribution in [1.82, 2.24) is 0 Å². The maximum atomic E-state index is 12.7. The molecule has 4 rings (SSSR count). The second kappa shape index (κ2) is 6.73. The van der Waals surface area contributed by atoms with Gasteiger partial charge in [0.1, 0.15) is 0 Å². The van der Waals surface area contributed by atoms with Crippen LogP contribution in [0.2, 0.25) is 0 Å². The summed E-state index contributed by atoms with van der Waals surface area (Å²) in [7, 11) is 0. The van der Waals surface area contributed by atoms with Crippen LogP contribution in [0.3, 0.4) is 0 Å². The number of anilines is 2. The van der Waals surface area contributed by atoms with Gasteiger partial charge in [0.05, 0.1) is 29.5 Å². The van der Waals surface area contributed by atoms with Gasteiger partial charge in [-0.05, 0) is 50.2 Å². The highest BCUT2D eigenvalue weighted by molar-refractivity contribution is 5.96. The Kier molecular flexibility index (Phi) is 4.46. The van der Waals surface area contributed by atoms with Crippen LogP contribution >= 0.6 is 0 Å². The van der Waals surface area contributed by atoms with Crippen LogP contribution in [-0.2, 0) is 9.53 Å². The number of ether oxygens (including phenoxy) is 1. The first-order chi connectivity index (χ1) is 11.7. The quantitative estimate of drug-likeness (QED) is 0.890. The Morgan fingerprint density at radius 1 is 1.21 bits per heavy atom. The third-order valence-electron chi connectivity index (χ3n) is 5.82. The fraction of sp³-hybridized carbons (Fsp3) is 0.632. The number of hydrogen-bond donors (Lipinski definition) is 2. The van der Waals surface area contributed by atoms with Gasteiger partial charge in [0.2, 0.25) is 5.91 Å². The van der Waals surface area contributed by atoms with Crippen molar-refractivity contribution in [2.24, 2.45) is 11.8 Å². The lowest BCUT2D eigenvalue weighted by molar-refractivity contribution is -0.121. The second-order valence-corrected chi connectivity index (χ2v) is 7.34. The molecule has 5 heteroatoms. The zero-order valence-corrected chi connectivity index (χ0v) is 14.0. The molecule has 3 saturated heterocycles. The monoisotopic (exact) mass is 330 g/mol. The predicted octanol–water partition coefficient (Wildman–Crippen LogP) is 2.40. The van der Waals surface area contributed by atoms with Crippen LogP contribution in [0, 0.1) is 11.8 Å². The number of benzene rings is 1. The molecule has 3 unspecified atom stereocenters. The van der Waals surface area contributed by atoms with E-state index in [2.05, 4.69) is 16.3 Å². The molecule has 3 fully saturated rings. The lowest BCUT2D eigenvalue weighted by Crippen LogP contribution is -2.36. The van der Waals surface area contributed by atoms with E-state index in [1.165, 1.54) is 0 Å². The number of para-hydroxylation sites is 2. The third-order valence-corrected chi connectivity index (χ3v) is 5.82. The predicted molar refractivity (Wildman–Crippen MR) is 93.1 cm³/mol. The average molecular weight is 330 g/mol. The highest BCUT2D eigenvalue weighted by Gasteiger charge is 2.44. The molecule has 24 heavy (non-hydrogen) atoms. The number of carbonyl (C=O) groups is 1. The Hall–Kier alpha value is -1.59. The number of nitrogens with one attached hydrogen (secondary N) is 1. The largest absolute Gasteiger partial charge is 0.396 e. The van der Waals surface area contributed by atoms with Crippen LogP contribution in [-0.4, -0.2) is 42.9 Å². The van der Waals surface area contributed by atoms with Crippen molar-refractivity contribution in [3.63, 3.8) is 0 Å². The molecule has 5 nitrogen and oxygen atoms in total. The first kappa shape index (κ1) is 15.9. The number of fused-ring (bicyclic) bond motifs is 2. The Morgan fingerprint density at radius 2 is 2.00 bits per heavy atom. The number of carbonyl (C=O) groups excluding carboxylic acids is 1. The maximum Gasteiger partial charge on any atom is 0.230 e. The minimum absolute atomic E-state index is 0.00284. The summed E-state index contributed by atoms with van der Waals surface area (Å²) in [5, 5.41) is 12.5. The Labute approximate surface area is 143 Å². The van der Waals surface area contributed by atoms with Gasteiger partial charge >= 0.3 is 0 Å². The number of rotatable bonds is 4. The van der Waals surface area contributed by atoms with E-state index < -0.39 is 0 Å². The fourth-order valence-electron chi connectivity index (χ4n) is 4.35. The molecule has 2 bridgehead atoms. The van der Waals surface area contributed by atoms with Crippen LogP contribution in [0.25, 0.3) is 0 Å². The zero-order valence-electron chi connectivity index (χ0n) is 14.0. The average Bonchev–Trinajstić information content (AvgIpc) is 3.26. The fourth-order valence-corrected chi connectivity index (χ4v) is 4.35. The summed E-state index contributed by atoms with van der Waals surface area (Å²) < 4.78 is 5.82. The minimum atomic E-state index is -0.00284. The van der Waals surface area contributed by atoms with Crippen LogP contribution in [0.15, 0.2) is 24.3 Å². The minimum Gasteiger partial charge on any atom is -0.396 e. The Bertz CT molecular complexity index is 598. The van der Waals surface area contributed by atoms with Gasteiger partial charge in [0.15, 0.2) is 0 Å². The van der Waals surface area contributed by atoms with Gasteiger partial charge in [-0.1, -0.05) is 12.1 Å². The van der Waals surface area contributed by atoms with Crippen molar-refractivity contribution < 1.29 is 14.6 Å². The van der Waals surface area contributed by atoms with Crippen molar-refractivity contribution in [1.29, 1.82) is 0 Å². The molecule has 1 aromatic rings. The van der Waals surface area contributed by atoms with Crippen molar-refractivity contribution in [2.45, 2.75) is 44.3 Å². The van der Waals surface area contributed by atoms with Crippen molar-refractivity contribution in [3.8, 4) is 0 Å². The number of aliphatic hydroxyl groups is 1. The highest BCUT2D eigenvalue weighted by atomic mass is 16.5. The second-order valence-electron chi connectivity index (χ2n) is 7.34. The molecule has 3 aliphatic heterocycles. The van der Waals surface area contributed by atoms with Crippen molar-refractivity contribution >= 4 is 17.3 Å². The summed E-state index contributed by atoms with van der Waals surface area (Å²) in [5.74, 6) is 0.506. The normalized spacial score (nSPS) is 29.9. The Morgan fingerprint density at radius 3 is 2.67 bits per heavy atom. The highest BCUT2D eigenvalue weighted by Crippen LogP contribution is 2.40. The smallest absolute Gasteiger partial charge is 0.230 e. The summed E-state index contributed by atoms with van der Waals surface area (Å²) >= 11 is 0. The number of amides is 1. The van der Waals surface area contributed by atoms with Gasteiger partial charge in [-0.25, -0.2) is 0 Å². The SMILES string of the molecule is O=C(Nc1ccccc1N1CCC(CO)CC1)C1CC2CCC1O2. The standard InChI is InChI=1S/C19H26N2O3/c22-12-13-7-9-21(10-8-13)17-4-2-1-3-16(17)20-19(23)15-11-14-5-6-18(15)24-14/h1-4,13-15,18,22H,5-12H2,(H,20,23). The van der Waals surface area contributed by atoms with E-state index >= 15 is 0 Å². The summed E-state index contributed by atoms with van der Waals surface area (Å²) in [5.41, 5.74) is 1.99. The molecule has 3 atom stereocenters. The lowest BCUT2D eigenvalue weighted by Gasteiger charge is -2.34. The van der Waals surface area contributed by atoms with Crippen LogP contribution < -0.4 is 10.2 Å². The number of nitrogens with zero attached hydrogens (tertiary/aromatic N) is 1. The topological polar surface area (TPSA) is 61.8 Å². The summed E-state index contributed by atoms with van der Waals surface area (Å²) in [6.07, 6.45) is 5.38. The van der Waals surface area contributed by atoms with Crippen molar-refractivity contribution in [3.05, 3.63) is 24.3 Å². The van der Waals surface area contributed by atoms with Gasteiger partial charge in [-0.3, -0.25) is 4.79 Å². The number of aliphatic hydroxyl groups excluding tert-OH is 1.